The first kappa shape index (κ1) is 20.8. The number of nitrogens with one attached hydrogen (secondary N) is 1. The molecule has 0 bridgehead atoms. The van der Waals surface area contributed by atoms with E-state index in [9.17, 15) is 13.2 Å². The molecule has 0 heterocycles. The fourth-order valence-corrected chi connectivity index (χ4v) is 1.55. The van der Waals surface area contributed by atoms with Crippen molar-refractivity contribution in [1.82, 2.24) is 4.90 Å². The summed E-state index contributed by atoms with van der Waals surface area (Å²) in [5.74, 6) is -0.302. The molecule has 22 heavy (non-hydrogen) atoms. The third-order valence-electron chi connectivity index (χ3n) is 2.42. The highest BCUT2D eigenvalue weighted by Gasteiger charge is 2.32. The summed E-state index contributed by atoms with van der Waals surface area (Å²) in [6.07, 6.45) is -3.95. The number of ether oxygens (including phenoxy) is 1. The summed E-state index contributed by atoms with van der Waals surface area (Å²) in [7, 11) is 3.88. The summed E-state index contributed by atoms with van der Waals surface area (Å²) in [6.45, 7) is 1.34. The Morgan fingerprint density at radius 3 is 2.55 bits per heavy atom. The topological polar surface area (TPSA) is 62.9 Å². The van der Waals surface area contributed by atoms with Crippen LogP contribution in [-0.4, -0.2) is 44.4 Å². The molecule has 0 saturated carbocycles. The minimum Gasteiger partial charge on any atom is -0.404 e. The molecule has 1 aromatic carbocycles. The van der Waals surface area contributed by atoms with Crippen molar-refractivity contribution >= 4 is 35.6 Å². The predicted octanol–water partition coefficient (Wildman–Crippen LogP) is 2.88. The molecule has 0 aliphatic carbocycles. The van der Waals surface area contributed by atoms with Crippen molar-refractivity contribution in [2.75, 3.05) is 32.5 Å². The van der Waals surface area contributed by atoms with Crippen LogP contribution >= 0.6 is 24.0 Å². The van der Waals surface area contributed by atoms with Gasteiger partial charge >= 0.3 is 6.36 Å². The molecule has 0 atom stereocenters. The zero-order valence-electron chi connectivity index (χ0n) is 12.4. The van der Waals surface area contributed by atoms with E-state index in [0.717, 1.165) is 13.0 Å². The molecule has 9 heteroatoms. The summed E-state index contributed by atoms with van der Waals surface area (Å²) in [4.78, 5) is 6.05. The van der Waals surface area contributed by atoms with E-state index < -0.39 is 6.36 Å². The first-order valence-electron chi connectivity index (χ1n) is 6.34. The molecule has 0 spiro atoms. The number of nitrogens with two attached hydrogens (primary N) is 1. The Labute approximate surface area is 144 Å². The number of anilines is 1. The van der Waals surface area contributed by atoms with Gasteiger partial charge in [-0.05, 0) is 39.2 Å². The van der Waals surface area contributed by atoms with Crippen LogP contribution in [-0.2, 0) is 0 Å². The van der Waals surface area contributed by atoms with Crippen LogP contribution in [0.1, 0.15) is 6.42 Å². The fraction of sp³-hybridized carbons (Fsp3) is 0.462. The lowest BCUT2D eigenvalue weighted by molar-refractivity contribution is -0.274. The van der Waals surface area contributed by atoms with Crippen molar-refractivity contribution in [2.45, 2.75) is 12.8 Å². The molecule has 1 aromatic rings. The van der Waals surface area contributed by atoms with Crippen molar-refractivity contribution in [1.29, 1.82) is 0 Å². The van der Waals surface area contributed by atoms with E-state index in [2.05, 4.69) is 15.0 Å². The van der Waals surface area contributed by atoms with Gasteiger partial charge in [0.05, 0.1) is 5.69 Å². The van der Waals surface area contributed by atoms with Crippen LogP contribution in [0.4, 0.5) is 18.9 Å². The Morgan fingerprint density at radius 2 is 1.95 bits per heavy atom. The monoisotopic (exact) mass is 432 g/mol. The third kappa shape index (κ3) is 8.93. The number of benzene rings is 1. The van der Waals surface area contributed by atoms with Gasteiger partial charge in [-0.25, -0.2) is 0 Å². The van der Waals surface area contributed by atoms with E-state index in [1.165, 1.54) is 18.2 Å². The van der Waals surface area contributed by atoms with E-state index in [4.69, 9.17) is 5.73 Å². The Bertz CT molecular complexity index is 481. The minimum atomic E-state index is -4.75. The second-order valence-electron chi connectivity index (χ2n) is 4.59. The number of hydrogen-bond donors (Lipinski definition) is 2. The van der Waals surface area contributed by atoms with Crippen LogP contribution in [0.25, 0.3) is 0 Å². The number of guanidine groups is 1. The molecule has 0 amide bonds. The number of halogens is 4. The highest BCUT2D eigenvalue weighted by atomic mass is 127. The summed E-state index contributed by atoms with van der Waals surface area (Å²) < 4.78 is 40.7. The van der Waals surface area contributed by atoms with Gasteiger partial charge in [0.15, 0.2) is 11.7 Å². The zero-order chi connectivity index (χ0) is 15.9. The lowest BCUT2D eigenvalue weighted by Gasteiger charge is -2.14. The predicted molar refractivity (Wildman–Crippen MR) is 91.8 cm³/mol. The number of aliphatic imine (C=N–C) groups is 1. The SMILES string of the molecule is CN(C)CCCN=C(N)Nc1ccccc1OC(F)(F)F.I. The highest BCUT2D eigenvalue weighted by molar-refractivity contribution is 14.0. The molecule has 126 valence electrons. The minimum absolute atomic E-state index is 0. The van der Waals surface area contributed by atoms with Gasteiger partial charge in [-0.3, -0.25) is 4.99 Å². The van der Waals surface area contributed by atoms with Crippen molar-refractivity contribution < 1.29 is 17.9 Å². The molecular formula is C13H20F3IN4O. The molecule has 0 aliphatic rings. The van der Waals surface area contributed by atoms with E-state index in [-0.39, 0.29) is 41.4 Å². The van der Waals surface area contributed by atoms with Crippen LogP contribution < -0.4 is 15.8 Å². The highest BCUT2D eigenvalue weighted by Crippen LogP contribution is 2.29. The van der Waals surface area contributed by atoms with E-state index in [1.54, 1.807) is 6.07 Å². The van der Waals surface area contributed by atoms with Gasteiger partial charge < -0.3 is 20.7 Å². The second-order valence-corrected chi connectivity index (χ2v) is 4.59. The van der Waals surface area contributed by atoms with Crippen molar-refractivity contribution in [3.05, 3.63) is 24.3 Å². The molecule has 0 aromatic heterocycles. The maximum absolute atomic E-state index is 12.3. The lowest BCUT2D eigenvalue weighted by atomic mass is 10.3. The first-order valence-corrected chi connectivity index (χ1v) is 6.34. The van der Waals surface area contributed by atoms with Gasteiger partial charge in [0.1, 0.15) is 0 Å². The molecule has 5 nitrogen and oxygen atoms in total. The number of rotatable bonds is 6. The molecule has 3 N–H and O–H groups in total. The maximum Gasteiger partial charge on any atom is 0.573 e. The summed E-state index contributed by atoms with van der Waals surface area (Å²) in [6, 6.07) is 5.65. The number of para-hydroxylation sites is 2. The third-order valence-corrected chi connectivity index (χ3v) is 2.42. The van der Waals surface area contributed by atoms with Crippen LogP contribution in [0.2, 0.25) is 0 Å². The van der Waals surface area contributed by atoms with Gasteiger partial charge in [-0.15, -0.1) is 37.1 Å². The zero-order valence-corrected chi connectivity index (χ0v) is 14.7. The Hall–Kier alpha value is -1.23. The average Bonchev–Trinajstić information content (AvgIpc) is 2.35. The van der Waals surface area contributed by atoms with Gasteiger partial charge in [0.2, 0.25) is 0 Å². The Morgan fingerprint density at radius 1 is 1.32 bits per heavy atom. The van der Waals surface area contributed by atoms with Crippen molar-refractivity contribution in [2.24, 2.45) is 10.7 Å². The molecule has 1 rings (SSSR count). The number of hydrogen-bond acceptors (Lipinski definition) is 3. The number of nitrogens with zero attached hydrogens (tertiary/aromatic N) is 2. The Balaban J connectivity index is 0.00000441. The molecular weight excluding hydrogens is 412 g/mol. The molecule has 0 aliphatic heterocycles. The molecule has 0 saturated heterocycles. The van der Waals surface area contributed by atoms with Crippen molar-refractivity contribution in [3.63, 3.8) is 0 Å². The normalized spacial score (nSPS) is 12.0. The molecule has 0 fully saturated rings. The molecule has 0 unspecified atom stereocenters. The van der Waals surface area contributed by atoms with Crippen molar-refractivity contribution in [3.8, 4) is 5.75 Å². The first-order chi connectivity index (χ1) is 9.78. The van der Waals surface area contributed by atoms with Gasteiger partial charge in [-0.1, -0.05) is 12.1 Å². The standard InChI is InChI=1S/C13H19F3N4O.HI/c1-20(2)9-5-8-18-12(17)19-10-6-3-4-7-11(10)21-13(14,15)16;/h3-4,6-7H,5,8-9H2,1-2H3,(H3,17,18,19);1H. The largest absolute Gasteiger partial charge is 0.573 e. The van der Waals surface area contributed by atoms with Crippen LogP contribution in [0.3, 0.4) is 0 Å². The molecule has 0 radical (unpaired) electrons. The van der Waals surface area contributed by atoms with Crippen LogP contribution in [0.15, 0.2) is 29.3 Å². The average molecular weight is 432 g/mol. The van der Waals surface area contributed by atoms with Gasteiger partial charge in [0, 0.05) is 6.54 Å². The second kappa shape index (κ2) is 9.72. The van der Waals surface area contributed by atoms with Crippen LogP contribution in [0, 0.1) is 0 Å². The number of alkyl halides is 3. The maximum atomic E-state index is 12.3. The van der Waals surface area contributed by atoms with Crippen LogP contribution in [0.5, 0.6) is 5.75 Å². The summed E-state index contributed by atoms with van der Waals surface area (Å²) >= 11 is 0. The van der Waals surface area contributed by atoms with E-state index in [0.29, 0.717) is 6.54 Å². The quantitative estimate of drug-likeness (QED) is 0.314. The van der Waals surface area contributed by atoms with Gasteiger partial charge in [-0.2, -0.15) is 0 Å². The summed E-state index contributed by atoms with van der Waals surface area (Å²) in [5, 5.41) is 2.61. The Kier molecular flexibility index (Phi) is 9.18. The summed E-state index contributed by atoms with van der Waals surface area (Å²) in [5.41, 5.74) is 5.76. The van der Waals surface area contributed by atoms with E-state index >= 15 is 0 Å². The lowest BCUT2D eigenvalue weighted by Crippen LogP contribution is -2.25. The smallest absolute Gasteiger partial charge is 0.404 e. The van der Waals surface area contributed by atoms with Gasteiger partial charge in [0.25, 0.3) is 0 Å². The van der Waals surface area contributed by atoms with E-state index in [1.807, 2.05) is 19.0 Å². The fourth-order valence-electron chi connectivity index (χ4n) is 1.55.